The molecule has 0 saturated carbocycles. The van der Waals surface area contributed by atoms with Crippen LogP contribution in [0.4, 0.5) is 13.2 Å². The molecule has 7 heteroatoms. The highest BCUT2D eigenvalue weighted by Crippen LogP contribution is 2.32. The summed E-state index contributed by atoms with van der Waals surface area (Å²) in [5.74, 6) is 0. The van der Waals surface area contributed by atoms with Gasteiger partial charge in [0.05, 0.1) is 16.7 Å². The van der Waals surface area contributed by atoms with Gasteiger partial charge in [-0.25, -0.2) is 9.78 Å². The first-order valence-electron chi connectivity index (χ1n) is 5.71. The van der Waals surface area contributed by atoms with Gasteiger partial charge in [-0.1, -0.05) is 12.1 Å². The van der Waals surface area contributed by atoms with Gasteiger partial charge >= 0.3 is 11.9 Å². The van der Waals surface area contributed by atoms with Crippen LogP contribution in [0, 0.1) is 0 Å². The lowest BCUT2D eigenvalue weighted by Gasteiger charge is -2.11. The zero-order valence-corrected chi connectivity index (χ0v) is 9.98. The van der Waals surface area contributed by atoms with Gasteiger partial charge in [-0.05, 0) is 24.3 Å². The summed E-state index contributed by atoms with van der Waals surface area (Å²) in [7, 11) is 0. The van der Waals surface area contributed by atoms with Crippen LogP contribution < -0.4 is 5.69 Å². The Hall–Kier alpha value is -2.57. The number of fused-ring (bicyclic) bond motifs is 1. The fourth-order valence-corrected chi connectivity index (χ4v) is 2.09. The fourth-order valence-electron chi connectivity index (χ4n) is 2.09. The van der Waals surface area contributed by atoms with Gasteiger partial charge in [-0.3, -0.25) is 4.57 Å². The molecular formula is C13H8F3N3O. The van der Waals surface area contributed by atoms with E-state index in [9.17, 15) is 18.0 Å². The number of H-pyrrole nitrogens is 1. The van der Waals surface area contributed by atoms with E-state index in [2.05, 4.69) is 9.97 Å². The van der Waals surface area contributed by atoms with Crippen molar-refractivity contribution in [2.45, 2.75) is 6.18 Å². The van der Waals surface area contributed by atoms with Crippen LogP contribution >= 0.6 is 0 Å². The Bertz CT molecular complexity index is 832. The molecule has 102 valence electrons. The lowest BCUT2D eigenvalue weighted by Crippen LogP contribution is -2.20. The molecule has 0 saturated heterocycles. The summed E-state index contributed by atoms with van der Waals surface area (Å²) in [5, 5.41) is 0. The number of halogens is 3. The quantitative estimate of drug-likeness (QED) is 0.744. The molecule has 0 atom stereocenters. The number of rotatable bonds is 1. The molecular weight excluding hydrogens is 271 g/mol. The fraction of sp³-hybridized carbons (Fsp3) is 0.0769. The minimum Gasteiger partial charge on any atom is -0.305 e. The molecule has 3 aromatic rings. The predicted molar refractivity (Wildman–Crippen MR) is 66.7 cm³/mol. The van der Waals surface area contributed by atoms with Crippen molar-refractivity contribution < 1.29 is 13.2 Å². The molecule has 2 aromatic heterocycles. The van der Waals surface area contributed by atoms with E-state index in [0.717, 1.165) is 10.8 Å². The highest BCUT2D eigenvalue weighted by atomic mass is 19.4. The predicted octanol–water partition coefficient (Wildman–Crippen LogP) is 2.73. The molecule has 20 heavy (non-hydrogen) atoms. The second-order valence-electron chi connectivity index (χ2n) is 4.15. The maximum absolute atomic E-state index is 13.0. The van der Waals surface area contributed by atoms with E-state index in [0.29, 0.717) is 11.0 Å². The topological polar surface area (TPSA) is 50.7 Å². The summed E-state index contributed by atoms with van der Waals surface area (Å²) in [6.07, 6.45) is -3.58. The molecule has 3 rings (SSSR count). The van der Waals surface area contributed by atoms with Gasteiger partial charge in [0.25, 0.3) is 0 Å². The Morgan fingerprint density at radius 3 is 2.60 bits per heavy atom. The van der Waals surface area contributed by atoms with Gasteiger partial charge in [0, 0.05) is 6.20 Å². The molecule has 0 fully saturated rings. The van der Waals surface area contributed by atoms with Crippen LogP contribution in [0.3, 0.4) is 0 Å². The number of alkyl halides is 3. The van der Waals surface area contributed by atoms with Crippen LogP contribution in [0.1, 0.15) is 5.69 Å². The Kier molecular flexibility index (Phi) is 2.63. The largest absolute Gasteiger partial charge is 0.435 e. The van der Waals surface area contributed by atoms with E-state index < -0.39 is 17.6 Å². The molecule has 0 bridgehead atoms. The van der Waals surface area contributed by atoms with Gasteiger partial charge < -0.3 is 4.98 Å². The van der Waals surface area contributed by atoms with Crippen LogP contribution in [0.25, 0.3) is 16.7 Å². The van der Waals surface area contributed by atoms with Gasteiger partial charge in [0.15, 0.2) is 5.69 Å². The minimum absolute atomic E-state index is 0.289. The summed E-state index contributed by atoms with van der Waals surface area (Å²) < 4.78 is 39.9. The standard InChI is InChI=1S/C13H8F3N3O/c14-13(15,16)11-10(6-3-7-17-11)19-9-5-2-1-4-8(9)18-12(19)20/h1-7H,(H,18,20). The smallest absolute Gasteiger partial charge is 0.305 e. The van der Waals surface area contributed by atoms with Crippen molar-refractivity contribution in [3.05, 3.63) is 58.8 Å². The second-order valence-corrected chi connectivity index (χ2v) is 4.15. The highest BCUT2D eigenvalue weighted by Gasteiger charge is 2.36. The molecule has 0 aliphatic rings. The van der Waals surface area contributed by atoms with Crippen LogP contribution in [0.5, 0.6) is 0 Å². The molecule has 0 unspecified atom stereocenters. The van der Waals surface area contributed by atoms with Crippen molar-refractivity contribution >= 4 is 11.0 Å². The third-order valence-corrected chi connectivity index (χ3v) is 2.89. The number of hydrogen-bond donors (Lipinski definition) is 1. The first-order chi connectivity index (χ1) is 9.48. The third kappa shape index (κ3) is 1.87. The second kappa shape index (κ2) is 4.22. The molecule has 0 radical (unpaired) electrons. The molecule has 1 N–H and O–H groups in total. The average molecular weight is 279 g/mol. The number of benzene rings is 1. The normalized spacial score (nSPS) is 11.9. The summed E-state index contributed by atoms with van der Waals surface area (Å²) >= 11 is 0. The number of para-hydroxylation sites is 2. The van der Waals surface area contributed by atoms with Crippen molar-refractivity contribution in [1.29, 1.82) is 0 Å². The maximum Gasteiger partial charge on any atom is 0.435 e. The SMILES string of the molecule is O=c1[nH]c2ccccc2n1-c1cccnc1C(F)(F)F. The third-order valence-electron chi connectivity index (χ3n) is 2.89. The summed E-state index contributed by atoms with van der Waals surface area (Å²) in [4.78, 5) is 17.8. The van der Waals surface area contributed by atoms with E-state index in [1.807, 2.05) is 0 Å². The first kappa shape index (κ1) is 12.5. The van der Waals surface area contributed by atoms with E-state index in [1.165, 1.54) is 12.1 Å². The Morgan fingerprint density at radius 2 is 1.85 bits per heavy atom. The first-order valence-corrected chi connectivity index (χ1v) is 5.71. The van der Waals surface area contributed by atoms with Crippen molar-refractivity contribution in [3.8, 4) is 5.69 Å². The van der Waals surface area contributed by atoms with E-state index >= 15 is 0 Å². The summed E-state index contributed by atoms with van der Waals surface area (Å²) in [6.45, 7) is 0. The number of aromatic amines is 1. The number of pyridine rings is 1. The van der Waals surface area contributed by atoms with Crippen LogP contribution in [-0.4, -0.2) is 14.5 Å². The van der Waals surface area contributed by atoms with Gasteiger partial charge in [0.1, 0.15) is 0 Å². The highest BCUT2D eigenvalue weighted by molar-refractivity contribution is 5.77. The number of imidazole rings is 1. The molecule has 4 nitrogen and oxygen atoms in total. The summed E-state index contributed by atoms with van der Waals surface area (Å²) in [5.41, 5.74) is -1.18. The maximum atomic E-state index is 13.0. The molecule has 1 aromatic carbocycles. The van der Waals surface area contributed by atoms with Crippen molar-refractivity contribution in [2.24, 2.45) is 0 Å². The number of hydrogen-bond acceptors (Lipinski definition) is 2. The monoisotopic (exact) mass is 279 g/mol. The lowest BCUT2D eigenvalue weighted by atomic mass is 10.2. The van der Waals surface area contributed by atoms with E-state index in [4.69, 9.17) is 0 Å². The Morgan fingerprint density at radius 1 is 1.10 bits per heavy atom. The van der Waals surface area contributed by atoms with Crippen molar-refractivity contribution in [1.82, 2.24) is 14.5 Å². The minimum atomic E-state index is -4.63. The van der Waals surface area contributed by atoms with E-state index in [1.54, 1.807) is 24.3 Å². The lowest BCUT2D eigenvalue weighted by molar-refractivity contribution is -0.141. The molecule has 0 amide bonds. The van der Waals surface area contributed by atoms with Crippen LogP contribution in [0.2, 0.25) is 0 Å². The molecule has 0 aliphatic carbocycles. The van der Waals surface area contributed by atoms with Gasteiger partial charge in [0.2, 0.25) is 0 Å². The van der Waals surface area contributed by atoms with Crippen molar-refractivity contribution in [2.75, 3.05) is 0 Å². The number of aromatic nitrogens is 3. The Balaban J connectivity index is 2.38. The van der Waals surface area contributed by atoms with Crippen molar-refractivity contribution in [3.63, 3.8) is 0 Å². The molecule has 0 spiro atoms. The Labute approximate surface area is 110 Å². The average Bonchev–Trinajstić information content (AvgIpc) is 2.73. The summed E-state index contributed by atoms with van der Waals surface area (Å²) in [6, 6.07) is 9.11. The number of nitrogens with one attached hydrogen (secondary N) is 1. The zero-order chi connectivity index (χ0) is 14.3. The van der Waals surface area contributed by atoms with Gasteiger partial charge in [-0.2, -0.15) is 13.2 Å². The number of nitrogens with zero attached hydrogens (tertiary/aromatic N) is 2. The van der Waals surface area contributed by atoms with E-state index in [-0.39, 0.29) is 5.69 Å². The van der Waals surface area contributed by atoms with Crippen LogP contribution in [0.15, 0.2) is 47.4 Å². The molecule has 2 heterocycles. The zero-order valence-electron chi connectivity index (χ0n) is 9.98. The van der Waals surface area contributed by atoms with Gasteiger partial charge in [-0.15, -0.1) is 0 Å². The molecule has 0 aliphatic heterocycles. The van der Waals surface area contributed by atoms with Crippen LogP contribution in [-0.2, 0) is 6.18 Å².